The highest BCUT2D eigenvalue weighted by Crippen LogP contribution is 2.34. The Hall–Kier alpha value is -0.620. The van der Waals surface area contributed by atoms with Gasteiger partial charge in [0, 0.05) is 4.47 Å². The van der Waals surface area contributed by atoms with E-state index < -0.39 is 5.54 Å². The lowest BCUT2D eigenvalue weighted by Gasteiger charge is -2.28. The van der Waals surface area contributed by atoms with E-state index in [1.54, 1.807) is 6.92 Å². The van der Waals surface area contributed by atoms with Gasteiger partial charge in [-0.15, -0.1) is 12.4 Å². The van der Waals surface area contributed by atoms with Gasteiger partial charge in [0.1, 0.15) is 5.54 Å². The average Bonchev–Trinajstić information content (AvgIpc) is 3.01. The minimum Gasteiger partial charge on any atom is -0.373 e. The molecule has 0 aliphatic carbocycles. The van der Waals surface area contributed by atoms with Crippen molar-refractivity contribution in [3.8, 4) is 0 Å². The van der Waals surface area contributed by atoms with E-state index >= 15 is 0 Å². The average molecular weight is 376 g/mol. The minimum atomic E-state index is -1.03. The van der Waals surface area contributed by atoms with E-state index in [2.05, 4.69) is 21.2 Å². The lowest BCUT2D eigenvalue weighted by molar-refractivity contribution is -0.127. The van der Waals surface area contributed by atoms with Gasteiger partial charge in [-0.2, -0.15) is 0 Å². The Morgan fingerprint density at radius 3 is 2.57 bits per heavy atom. The van der Waals surface area contributed by atoms with Crippen molar-refractivity contribution in [3.05, 3.63) is 34.3 Å². The first-order valence-corrected chi connectivity index (χ1v) is 7.77. The number of halogens is 2. The van der Waals surface area contributed by atoms with Crippen LogP contribution in [0.4, 0.5) is 0 Å². The standard InChI is InChI=1S/C15H19BrN2O2.ClH/c1-15(17,9-2-4-10(16)5-3-9)14(19)18-12-8-11-6-7-13(12)20-11;/h2-5,11-13H,6-8,17H2,1H3,(H,18,19);1H/t11-,12-,13+,15?;/m1./s1. The number of amides is 1. The van der Waals surface area contributed by atoms with Crippen LogP contribution in [0.3, 0.4) is 0 Å². The van der Waals surface area contributed by atoms with Crippen LogP contribution in [0, 0.1) is 0 Å². The van der Waals surface area contributed by atoms with Crippen molar-refractivity contribution in [1.82, 2.24) is 5.32 Å². The monoisotopic (exact) mass is 374 g/mol. The van der Waals surface area contributed by atoms with Crippen molar-refractivity contribution in [2.24, 2.45) is 5.73 Å². The molecule has 0 aromatic heterocycles. The summed E-state index contributed by atoms with van der Waals surface area (Å²) in [5.41, 5.74) is 6.02. The quantitative estimate of drug-likeness (QED) is 0.853. The van der Waals surface area contributed by atoms with Crippen LogP contribution < -0.4 is 11.1 Å². The maximum atomic E-state index is 12.5. The maximum Gasteiger partial charge on any atom is 0.244 e. The molecule has 116 valence electrons. The highest BCUT2D eigenvalue weighted by atomic mass is 79.9. The molecule has 4 atom stereocenters. The third kappa shape index (κ3) is 3.26. The molecule has 4 nitrogen and oxygen atoms in total. The highest BCUT2D eigenvalue weighted by molar-refractivity contribution is 9.10. The van der Waals surface area contributed by atoms with Crippen LogP contribution in [0.2, 0.25) is 0 Å². The van der Waals surface area contributed by atoms with Crippen LogP contribution in [0.5, 0.6) is 0 Å². The predicted molar refractivity (Wildman–Crippen MR) is 87.4 cm³/mol. The van der Waals surface area contributed by atoms with Gasteiger partial charge in [-0.3, -0.25) is 4.79 Å². The molecule has 2 fully saturated rings. The summed E-state index contributed by atoms with van der Waals surface area (Å²) in [6, 6.07) is 7.66. The molecule has 1 amide bonds. The van der Waals surface area contributed by atoms with E-state index in [-0.39, 0.29) is 30.5 Å². The summed E-state index contributed by atoms with van der Waals surface area (Å²) in [6.07, 6.45) is 3.55. The fourth-order valence-electron chi connectivity index (χ4n) is 3.04. The van der Waals surface area contributed by atoms with Gasteiger partial charge in [0.05, 0.1) is 18.2 Å². The molecule has 3 rings (SSSR count). The molecule has 6 heteroatoms. The summed E-state index contributed by atoms with van der Waals surface area (Å²) in [7, 11) is 0. The molecule has 2 bridgehead atoms. The SMILES string of the molecule is CC(N)(C(=O)N[C@@H]1C[C@H]2CC[C@@H]1O2)c1ccc(Br)cc1.Cl. The Labute approximate surface area is 139 Å². The van der Waals surface area contributed by atoms with Crippen LogP contribution in [-0.4, -0.2) is 24.2 Å². The Bertz CT molecular complexity index is 521. The fourth-order valence-corrected chi connectivity index (χ4v) is 3.30. The van der Waals surface area contributed by atoms with Gasteiger partial charge in [-0.1, -0.05) is 28.1 Å². The number of carbonyl (C=O) groups excluding carboxylic acids is 1. The Morgan fingerprint density at radius 2 is 2.05 bits per heavy atom. The van der Waals surface area contributed by atoms with E-state index in [1.165, 1.54) is 0 Å². The predicted octanol–water partition coefficient (Wildman–Crippen LogP) is 2.48. The zero-order chi connectivity index (χ0) is 14.3. The van der Waals surface area contributed by atoms with Gasteiger partial charge >= 0.3 is 0 Å². The van der Waals surface area contributed by atoms with Crippen molar-refractivity contribution in [3.63, 3.8) is 0 Å². The summed E-state index contributed by atoms with van der Waals surface area (Å²) in [5, 5.41) is 3.06. The van der Waals surface area contributed by atoms with Gasteiger partial charge in [-0.05, 0) is 43.9 Å². The zero-order valence-electron chi connectivity index (χ0n) is 11.8. The number of rotatable bonds is 3. The summed E-state index contributed by atoms with van der Waals surface area (Å²) in [5.74, 6) is -0.138. The number of hydrogen-bond donors (Lipinski definition) is 2. The van der Waals surface area contributed by atoms with E-state index in [0.717, 1.165) is 29.3 Å². The number of ether oxygens (including phenoxy) is 1. The Balaban J connectivity index is 0.00000161. The molecular formula is C15H20BrClN2O2. The lowest BCUT2D eigenvalue weighted by Crippen LogP contribution is -2.53. The molecule has 1 unspecified atom stereocenters. The van der Waals surface area contributed by atoms with Crippen LogP contribution in [-0.2, 0) is 15.1 Å². The van der Waals surface area contributed by atoms with Crippen molar-refractivity contribution in [2.45, 2.75) is 50.0 Å². The number of fused-ring (bicyclic) bond motifs is 2. The van der Waals surface area contributed by atoms with Gasteiger partial charge in [-0.25, -0.2) is 0 Å². The molecule has 1 aromatic carbocycles. The van der Waals surface area contributed by atoms with Crippen LogP contribution in [0.1, 0.15) is 31.7 Å². The van der Waals surface area contributed by atoms with Crippen LogP contribution >= 0.6 is 28.3 Å². The topological polar surface area (TPSA) is 64.4 Å². The molecule has 2 aliphatic rings. The molecule has 3 N–H and O–H groups in total. The van der Waals surface area contributed by atoms with Crippen LogP contribution in [0.25, 0.3) is 0 Å². The summed E-state index contributed by atoms with van der Waals surface area (Å²) >= 11 is 3.38. The molecule has 2 aliphatic heterocycles. The molecule has 0 spiro atoms. The normalized spacial score (nSPS) is 29.6. The number of benzene rings is 1. The van der Waals surface area contributed by atoms with Crippen molar-refractivity contribution >= 4 is 34.2 Å². The first-order chi connectivity index (χ1) is 9.46. The molecule has 2 saturated heterocycles. The first-order valence-electron chi connectivity index (χ1n) is 6.98. The van der Waals surface area contributed by atoms with E-state index in [1.807, 2.05) is 24.3 Å². The number of nitrogens with one attached hydrogen (secondary N) is 1. The van der Waals surface area contributed by atoms with Crippen molar-refractivity contribution < 1.29 is 9.53 Å². The fraction of sp³-hybridized carbons (Fsp3) is 0.533. The number of hydrogen-bond acceptors (Lipinski definition) is 3. The summed E-state index contributed by atoms with van der Waals surface area (Å²) in [6.45, 7) is 1.75. The van der Waals surface area contributed by atoms with E-state index in [4.69, 9.17) is 10.5 Å². The van der Waals surface area contributed by atoms with Gasteiger partial charge < -0.3 is 15.8 Å². The van der Waals surface area contributed by atoms with Gasteiger partial charge in [0.2, 0.25) is 5.91 Å². The first kappa shape index (κ1) is 16.7. The third-order valence-electron chi connectivity index (χ3n) is 4.34. The summed E-state index contributed by atoms with van der Waals surface area (Å²) < 4.78 is 6.73. The molecule has 21 heavy (non-hydrogen) atoms. The van der Waals surface area contributed by atoms with Crippen LogP contribution in [0.15, 0.2) is 28.7 Å². The van der Waals surface area contributed by atoms with Crippen molar-refractivity contribution in [1.29, 1.82) is 0 Å². The smallest absolute Gasteiger partial charge is 0.244 e. The second-order valence-corrected chi connectivity index (χ2v) is 6.81. The zero-order valence-corrected chi connectivity index (χ0v) is 14.2. The number of nitrogens with two attached hydrogens (primary N) is 1. The van der Waals surface area contributed by atoms with Crippen molar-refractivity contribution in [2.75, 3.05) is 0 Å². The Kier molecular flexibility index (Phi) is 4.98. The number of carbonyl (C=O) groups is 1. The van der Waals surface area contributed by atoms with E-state index in [9.17, 15) is 4.79 Å². The molecule has 0 radical (unpaired) electrons. The van der Waals surface area contributed by atoms with Gasteiger partial charge in [0.15, 0.2) is 0 Å². The molecular weight excluding hydrogens is 356 g/mol. The van der Waals surface area contributed by atoms with Gasteiger partial charge in [0.25, 0.3) is 0 Å². The molecule has 1 aromatic rings. The second kappa shape index (κ2) is 6.24. The molecule has 0 saturated carbocycles. The highest BCUT2D eigenvalue weighted by Gasteiger charge is 2.43. The second-order valence-electron chi connectivity index (χ2n) is 5.90. The summed E-state index contributed by atoms with van der Waals surface area (Å²) in [4.78, 5) is 12.5. The maximum absolute atomic E-state index is 12.5. The minimum absolute atomic E-state index is 0. The third-order valence-corrected chi connectivity index (χ3v) is 4.87. The van der Waals surface area contributed by atoms with E-state index in [0.29, 0.717) is 6.10 Å². The molecule has 2 heterocycles. The lowest BCUT2D eigenvalue weighted by atomic mass is 9.90. The Morgan fingerprint density at radius 1 is 1.38 bits per heavy atom. The largest absolute Gasteiger partial charge is 0.373 e.